The summed E-state index contributed by atoms with van der Waals surface area (Å²) < 4.78 is 0. The van der Waals surface area contributed by atoms with Gasteiger partial charge in [0.05, 0.1) is 13.1 Å². The zero-order chi connectivity index (χ0) is 13.5. The molecule has 0 saturated heterocycles. The number of nitrogens with zero attached hydrogens (tertiary/aromatic N) is 1. The number of rotatable bonds is 6. The Morgan fingerprint density at radius 3 is 2.56 bits per heavy atom. The van der Waals surface area contributed by atoms with Crippen molar-refractivity contribution in [1.29, 1.82) is 0 Å². The van der Waals surface area contributed by atoms with E-state index in [9.17, 15) is 4.79 Å². The van der Waals surface area contributed by atoms with Crippen molar-refractivity contribution in [2.75, 3.05) is 13.1 Å². The van der Waals surface area contributed by atoms with E-state index in [1.165, 1.54) is 0 Å². The van der Waals surface area contributed by atoms with Crippen LogP contribution in [0, 0.1) is 12.3 Å². The van der Waals surface area contributed by atoms with Crippen molar-refractivity contribution in [3.63, 3.8) is 0 Å². The number of benzene rings is 1. The Balaban J connectivity index is 2.94. The van der Waals surface area contributed by atoms with Gasteiger partial charge in [-0.05, 0) is 24.1 Å². The topological polar surface area (TPSA) is 40.5 Å². The largest absolute Gasteiger partial charge is 0.480 e. The van der Waals surface area contributed by atoms with Crippen molar-refractivity contribution in [3.8, 4) is 12.3 Å². The molecule has 1 rings (SSSR count). The van der Waals surface area contributed by atoms with Gasteiger partial charge in [0.25, 0.3) is 0 Å². The molecular formula is C14H16ClNO2. The first-order valence-electron chi connectivity index (χ1n) is 5.73. The van der Waals surface area contributed by atoms with Crippen LogP contribution < -0.4 is 0 Å². The van der Waals surface area contributed by atoms with Crippen LogP contribution in [0.25, 0.3) is 0 Å². The van der Waals surface area contributed by atoms with Gasteiger partial charge in [-0.15, -0.1) is 6.42 Å². The minimum atomic E-state index is -0.877. The summed E-state index contributed by atoms with van der Waals surface area (Å²) in [4.78, 5) is 12.6. The monoisotopic (exact) mass is 265 g/mol. The zero-order valence-corrected chi connectivity index (χ0v) is 11.0. The highest BCUT2D eigenvalue weighted by Crippen LogP contribution is 2.25. The molecule has 96 valence electrons. The Labute approximate surface area is 112 Å². The lowest BCUT2D eigenvalue weighted by Gasteiger charge is -2.28. The van der Waals surface area contributed by atoms with E-state index in [-0.39, 0.29) is 12.6 Å². The number of carbonyl (C=O) groups is 1. The van der Waals surface area contributed by atoms with Crippen molar-refractivity contribution in [1.82, 2.24) is 4.90 Å². The van der Waals surface area contributed by atoms with Gasteiger partial charge < -0.3 is 5.11 Å². The highest BCUT2D eigenvalue weighted by atomic mass is 35.5. The Hall–Kier alpha value is -1.50. The van der Waals surface area contributed by atoms with E-state index in [1.54, 1.807) is 17.0 Å². The third-order valence-electron chi connectivity index (χ3n) is 2.71. The third kappa shape index (κ3) is 4.06. The molecule has 0 heterocycles. The van der Waals surface area contributed by atoms with Crippen LogP contribution in [0.5, 0.6) is 0 Å². The molecule has 0 aliphatic carbocycles. The van der Waals surface area contributed by atoms with Gasteiger partial charge in [-0.1, -0.05) is 36.6 Å². The molecule has 0 fully saturated rings. The number of terminal acetylenes is 1. The van der Waals surface area contributed by atoms with Gasteiger partial charge >= 0.3 is 5.97 Å². The Morgan fingerprint density at radius 1 is 1.50 bits per heavy atom. The molecule has 0 aliphatic heterocycles. The summed E-state index contributed by atoms with van der Waals surface area (Å²) in [6.45, 7) is 2.25. The number of carboxylic acid groups (broad SMARTS) is 1. The van der Waals surface area contributed by atoms with E-state index in [0.717, 1.165) is 12.0 Å². The Bertz CT molecular complexity index is 436. The lowest BCUT2D eigenvalue weighted by Crippen LogP contribution is -2.33. The first kappa shape index (κ1) is 14.6. The molecule has 0 spiro atoms. The smallest absolute Gasteiger partial charge is 0.317 e. The van der Waals surface area contributed by atoms with Gasteiger partial charge in [0.2, 0.25) is 0 Å². The molecule has 0 radical (unpaired) electrons. The summed E-state index contributed by atoms with van der Waals surface area (Å²) in [5.41, 5.74) is 1.03. The molecule has 1 aromatic rings. The lowest BCUT2D eigenvalue weighted by molar-refractivity contribution is -0.138. The maximum atomic E-state index is 10.9. The number of carboxylic acids is 1. The van der Waals surface area contributed by atoms with E-state index >= 15 is 0 Å². The maximum Gasteiger partial charge on any atom is 0.317 e. The van der Waals surface area contributed by atoms with Gasteiger partial charge in [0, 0.05) is 11.1 Å². The van der Waals surface area contributed by atoms with Crippen molar-refractivity contribution >= 4 is 17.6 Å². The SMILES string of the molecule is C#CCN(CC(=O)O)C(CC)c1ccc(Cl)cc1. The van der Waals surface area contributed by atoms with Crippen LogP contribution >= 0.6 is 11.6 Å². The van der Waals surface area contributed by atoms with Crippen LogP contribution in [0.3, 0.4) is 0 Å². The van der Waals surface area contributed by atoms with Crippen LogP contribution in [-0.2, 0) is 4.79 Å². The summed E-state index contributed by atoms with van der Waals surface area (Å²) in [5, 5.41) is 9.58. The second kappa shape index (κ2) is 7.05. The molecule has 0 amide bonds. The van der Waals surface area contributed by atoms with Crippen molar-refractivity contribution in [2.45, 2.75) is 19.4 Å². The minimum absolute atomic E-state index is 0.00517. The third-order valence-corrected chi connectivity index (χ3v) is 2.97. The summed E-state index contributed by atoms with van der Waals surface area (Å²) in [6.07, 6.45) is 6.08. The summed E-state index contributed by atoms with van der Waals surface area (Å²) in [6, 6.07) is 7.40. The Kier molecular flexibility index (Phi) is 5.70. The molecular weight excluding hydrogens is 250 g/mol. The summed E-state index contributed by atoms with van der Waals surface area (Å²) in [7, 11) is 0. The van der Waals surface area contributed by atoms with Crippen LogP contribution in [0.15, 0.2) is 24.3 Å². The minimum Gasteiger partial charge on any atom is -0.480 e. The fourth-order valence-corrected chi connectivity index (χ4v) is 2.08. The first-order chi connectivity index (χ1) is 8.58. The normalized spacial score (nSPS) is 12.1. The van der Waals surface area contributed by atoms with E-state index in [1.807, 2.05) is 19.1 Å². The summed E-state index contributed by atoms with van der Waals surface area (Å²) >= 11 is 5.84. The molecule has 18 heavy (non-hydrogen) atoms. The van der Waals surface area contributed by atoms with Gasteiger partial charge in [-0.25, -0.2) is 0 Å². The van der Waals surface area contributed by atoms with E-state index < -0.39 is 5.97 Å². The molecule has 4 heteroatoms. The Morgan fingerprint density at radius 2 is 2.11 bits per heavy atom. The number of aliphatic carboxylic acids is 1. The second-order valence-electron chi connectivity index (χ2n) is 3.98. The predicted octanol–water partition coefficient (Wildman–Crippen LogP) is 2.81. The van der Waals surface area contributed by atoms with Crippen molar-refractivity contribution in [2.24, 2.45) is 0 Å². The zero-order valence-electron chi connectivity index (χ0n) is 10.3. The molecule has 1 aromatic carbocycles. The lowest BCUT2D eigenvalue weighted by atomic mass is 10.0. The van der Waals surface area contributed by atoms with Crippen LogP contribution in [0.1, 0.15) is 24.9 Å². The average Bonchev–Trinajstić information content (AvgIpc) is 2.32. The van der Waals surface area contributed by atoms with Crippen LogP contribution in [-0.4, -0.2) is 29.1 Å². The number of hydrogen-bond donors (Lipinski definition) is 1. The predicted molar refractivity (Wildman–Crippen MR) is 72.5 cm³/mol. The molecule has 1 N–H and O–H groups in total. The van der Waals surface area contributed by atoms with Gasteiger partial charge in [-0.2, -0.15) is 0 Å². The second-order valence-corrected chi connectivity index (χ2v) is 4.41. The van der Waals surface area contributed by atoms with Crippen molar-refractivity contribution in [3.05, 3.63) is 34.9 Å². The highest BCUT2D eigenvalue weighted by Gasteiger charge is 2.20. The molecule has 0 saturated carbocycles. The fraction of sp³-hybridized carbons (Fsp3) is 0.357. The molecule has 1 unspecified atom stereocenters. The van der Waals surface area contributed by atoms with Gasteiger partial charge in [0.15, 0.2) is 0 Å². The van der Waals surface area contributed by atoms with Gasteiger partial charge in [-0.3, -0.25) is 9.69 Å². The molecule has 0 aliphatic rings. The molecule has 0 bridgehead atoms. The number of hydrogen-bond acceptors (Lipinski definition) is 2. The first-order valence-corrected chi connectivity index (χ1v) is 6.11. The highest BCUT2D eigenvalue weighted by molar-refractivity contribution is 6.30. The fourth-order valence-electron chi connectivity index (χ4n) is 1.96. The van der Waals surface area contributed by atoms with E-state index in [4.69, 9.17) is 23.1 Å². The molecule has 3 nitrogen and oxygen atoms in total. The average molecular weight is 266 g/mol. The molecule has 0 aromatic heterocycles. The van der Waals surface area contributed by atoms with E-state index in [2.05, 4.69) is 5.92 Å². The van der Waals surface area contributed by atoms with Crippen molar-refractivity contribution < 1.29 is 9.90 Å². The molecule has 1 atom stereocenters. The van der Waals surface area contributed by atoms with Crippen LogP contribution in [0.2, 0.25) is 5.02 Å². The van der Waals surface area contributed by atoms with E-state index in [0.29, 0.717) is 11.6 Å². The standard InChI is InChI=1S/C14H16ClNO2/c1-3-9-16(10-14(17)18)13(4-2)11-5-7-12(15)8-6-11/h1,5-8,13H,4,9-10H2,2H3,(H,17,18). The van der Waals surface area contributed by atoms with Crippen LogP contribution in [0.4, 0.5) is 0 Å². The summed E-state index contributed by atoms with van der Waals surface area (Å²) in [5.74, 6) is 1.63. The van der Waals surface area contributed by atoms with Gasteiger partial charge in [0.1, 0.15) is 0 Å². The quantitative estimate of drug-likeness (QED) is 0.804. The number of halogens is 1. The maximum absolute atomic E-state index is 10.9.